The minimum absolute atomic E-state index is 0.0528. The molecule has 0 radical (unpaired) electrons. The average molecular weight is 490 g/mol. The number of piperidine rings is 1. The van der Waals surface area contributed by atoms with E-state index in [9.17, 15) is 4.79 Å². The van der Waals surface area contributed by atoms with E-state index in [-0.39, 0.29) is 11.9 Å². The number of likely N-dealkylation sites (tertiary alicyclic amines) is 1. The molecule has 0 spiro atoms. The smallest absolute Gasteiger partial charge is 0.279 e. The number of thiazole rings is 1. The molecule has 4 rings (SSSR count). The molecule has 2 heterocycles. The maximum absolute atomic E-state index is 12.2. The van der Waals surface area contributed by atoms with Crippen LogP contribution in [0.3, 0.4) is 0 Å². The summed E-state index contributed by atoms with van der Waals surface area (Å²) in [7, 11) is 0. The van der Waals surface area contributed by atoms with Crippen molar-refractivity contribution in [3.05, 3.63) is 40.4 Å². The average Bonchev–Trinajstić information content (AvgIpc) is 3.54. The van der Waals surface area contributed by atoms with Gasteiger partial charge < -0.3 is 19.7 Å². The number of rotatable bonds is 11. The first kappa shape index (κ1) is 24.0. The number of hydrogen-bond acceptors (Lipinski definition) is 6. The summed E-state index contributed by atoms with van der Waals surface area (Å²) >= 11 is 7.78. The molecule has 178 valence electrons. The van der Waals surface area contributed by atoms with Crippen molar-refractivity contribution in [1.82, 2.24) is 15.2 Å². The van der Waals surface area contributed by atoms with Crippen LogP contribution in [-0.2, 0) is 4.79 Å². The normalized spacial score (nSPS) is 17.8. The largest absolute Gasteiger partial charge is 0.493 e. The van der Waals surface area contributed by atoms with Gasteiger partial charge in [-0.15, -0.1) is 0 Å². The third-order valence-electron chi connectivity index (χ3n) is 5.83. The van der Waals surface area contributed by atoms with E-state index < -0.39 is 0 Å². The Hall–Kier alpha value is -2.09. The van der Waals surface area contributed by atoms with E-state index in [0.717, 1.165) is 36.9 Å². The second-order valence-corrected chi connectivity index (χ2v) is 10.3. The highest BCUT2D eigenvalue weighted by Crippen LogP contribution is 2.35. The van der Waals surface area contributed by atoms with Crippen molar-refractivity contribution in [2.24, 2.45) is 5.92 Å². The molecule has 2 aromatic rings. The fraction of sp³-hybridized carbons (Fsp3) is 0.520. The van der Waals surface area contributed by atoms with Gasteiger partial charge in [-0.2, -0.15) is 0 Å². The Morgan fingerprint density at radius 2 is 2.15 bits per heavy atom. The molecular formula is C25H32ClN3O3S. The molecule has 33 heavy (non-hydrogen) atoms. The van der Waals surface area contributed by atoms with E-state index in [1.54, 1.807) is 12.3 Å². The molecule has 6 nitrogen and oxygen atoms in total. The summed E-state index contributed by atoms with van der Waals surface area (Å²) in [6, 6.07) is 5.41. The van der Waals surface area contributed by atoms with Crippen LogP contribution in [0.15, 0.2) is 30.5 Å². The van der Waals surface area contributed by atoms with E-state index in [1.807, 2.05) is 31.2 Å². The molecule has 1 atom stereocenters. The van der Waals surface area contributed by atoms with Crippen molar-refractivity contribution in [2.75, 3.05) is 26.2 Å². The lowest BCUT2D eigenvalue weighted by Gasteiger charge is -2.26. The van der Waals surface area contributed by atoms with Gasteiger partial charge in [-0.05, 0) is 69.8 Å². The first-order chi connectivity index (χ1) is 16.0. The van der Waals surface area contributed by atoms with Gasteiger partial charge in [0.25, 0.3) is 5.19 Å². The number of nitrogens with zero attached hydrogens (tertiary/aromatic N) is 2. The summed E-state index contributed by atoms with van der Waals surface area (Å²) in [5.74, 6) is 2.09. The van der Waals surface area contributed by atoms with Crippen LogP contribution in [0.4, 0.5) is 0 Å². The van der Waals surface area contributed by atoms with Crippen molar-refractivity contribution in [3.8, 4) is 16.7 Å². The highest BCUT2D eigenvalue weighted by Gasteiger charge is 2.22. The van der Waals surface area contributed by atoms with Crippen LogP contribution in [0.1, 0.15) is 50.3 Å². The SMILES string of the molecule is C[C@@H](C=Cc1cnc(Oc2ccc(OCC3CC3)cc2Cl)s1)NC(=O)CCN1CCCCC1. The molecule has 1 saturated heterocycles. The predicted molar refractivity (Wildman–Crippen MR) is 133 cm³/mol. The van der Waals surface area contributed by atoms with Gasteiger partial charge in [0.05, 0.1) is 16.5 Å². The van der Waals surface area contributed by atoms with Gasteiger partial charge in [-0.25, -0.2) is 4.98 Å². The summed E-state index contributed by atoms with van der Waals surface area (Å²) in [6.07, 6.45) is 12.5. The molecular weight excluding hydrogens is 458 g/mol. The van der Waals surface area contributed by atoms with E-state index in [1.165, 1.54) is 43.4 Å². The number of aromatic nitrogens is 1. The Kier molecular flexibility index (Phi) is 8.64. The van der Waals surface area contributed by atoms with E-state index in [0.29, 0.717) is 28.3 Å². The Labute approximate surface area is 204 Å². The summed E-state index contributed by atoms with van der Waals surface area (Å²) in [5, 5.41) is 4.05. The van der Waals surface area contributed by atoms with Crippen LogP contribution in [0.25, 0.3) is 6.08 Å². The lowest BCUT2D eigenvalue weighted by atomic mass is 10.1. The topological polar surface area (TPSA) is 63.7 Å². The van der Waals surface area contributed by atoms with Crippen molar-refractivity contribution < 1.29 is 14.3 Å². The first-order valence-corrected chi connectivity index (χ1v) is 13.0. The number of amides is 1. The molecule has 2 aliphatic rings. The molecule has 0 unspecified atom stereocenters. The number of nitrogens with one attached hydrogen (secondary N) is 1. The maximum atomic E-state index is 12.2. The zero-order chi connectivity index (χ0) is 23.0. The van der Waals surface area contributed by atoms with Gasteiger partial charge >= 0.3 is 0 Å². The summed E-state index contributed by atoms with van der Waals surface area (Å²) in [6.45, 7) is 5.79. The number of carbonyl (C=O) groups excluding carboxylic acids is 1. The quantitative estimate of drug-likeness (QED) is 0.434. The number of benzene rings is 1. The van der Waals surface area contributed by atoms with Crippen LogP contribution < -0.4 is 14.8 Å². The standard InChI is InChI=1S/C25H32ClN3O3S/c1-18(28-24(30)11-14-29-12-3-2-4-13-29)5-9-21-16-27-25(33-21)32-23-10-8-20(15-22(23)26)31-17-19-6-7-19/h5,8-10,15-16,18-19H,2-4,6-7,11-14,17H2,1H3,(H,28,30)/t18-/m0/s1. The fourth-order valence-electron chi connectivity index (χ4n) is 3.70. The van der Waals surface area contributed by atoms with E-state index >= 15 is 0 Å². The van der Waals surface area contributed by atoms with Gasteiger partial charge in [-0.3, -0.25) is 4.79 Å². The molecule has 1 amide bonds. The van der Waals surface area contributed by atoms with Crippen LogP contribution in [0.5, 0.6) is 16.7 Å². The molecule has 2 fully saturated rings. The second kappa shape index (κ2) is 11.9. The van der Waals surface area contributed by atoms with Crippen LogP contribution in [-0.4, -0.2) is 48.1 Å². The Morgan fingerprint density at radius 1 is 1.33 bits per heavy atom. The number of ether oxygens (including phenoxy) is 2. The minimum atomic E-state index is -0.0528. The van der Waals surface area contributed by atoms with Gasteiger partial charge in [0, 0.05) is 31.3 Å². The maximum Gasteiger partial charge on any atom is 0.279 e. The lowest BCUT2D eigenvalue weighted by molar-refractivity contribution is -0.121. The molecule has 1 saturated carbocycles. The molecule has 0 bridgehead atoms. The Balaban J connectivity index is 1.21. The molecule has 1 aliphatic heterocycles. The molecule has 1 aromatic carbocycles. The molecule has 8 heteroatoms. The van der Waals surface area contributed by atoms with Crippen LogP contribution >= 0.6 is 22.9 Å². The third-order valence-corrected chi connectivity index (χ3v) is 6.96. The summed E-state index contributed by atoms with van der Waals surface area (Å²) < 4.78 is 11.6. The zero-order valence-corrected chi connectivity index (χ0v) is 20.7. The highest BCUT2D eigenvalue weighted by atomic mass is 35.5. The molecule has 1 aliphatic carbocycles. The Bertz CT molecular complexity index is 954. The minimum Gasteiger partial charge on any atom is -0.493 e. The van der Waals surface area contributed by atoms with Gasteiger partial charge in [0.1, 0.15) is 11.5 Å². The zero-order valence-electron chi connectivity index (χ0n) is 19.1. The highest BCUT2D eigenvalue weighted by molar-refractivity contribution is 7.14. The number of halogens is 1. The molecule has 1 aromatic heterocycles. The van der Waals surface area contributed by atoms with Crippen molar-refractivity contribution >= 4 is 34.9 Å². The Morgan fingerprint density at radius 3 is 2.91 bits per heavy atom. The summed E-state index contributed by atoms with van der Waals surface area (Å²) in [4.78, 5) is 19.9. The van der Waals surface area contributed by atoms with E-state index in [2.05, 4.69) is 15.2 Å². The number of carbonyl (C=O) groups is 1. The van der Waals surface area contributed by atoms with Crippen LogP contribution in [0, 0.1) is 5.92 Å². The number of hydrogen-bond donors (Lipinski definition) is 1. The van der Waals surface area contributed by atoms with Gasteiger partial charge in [0.2, 0.25) is 5.91 Å². The first-order valence-electron chi connectivity index (χ1n) is 11.8. The van der Waals surface area contributed by atoms with Gasteiger partial charge in [-0.1, -0.05) is 35.4 Å². The third kappa shape index (κ3) is 8.02. The van der Waals surface area contributed by atoms with Crippen molar-refractivity contribution in [2.45, 2.75) is 51.5 Å². The summed E-state index contributed by atoms with van der Waals surface area (Å²) in [5.41, 5.74) is 0. The van der Waals surface area contributed by atoms with Gasteiger partial charge in [0.15, 0.2) is 0 Å². The monoisotopic (exact) mass is 489 g/mol. The lowest BCUT2D eigenvalue weighted by Crippen LogP contribution is -2.36. The molecule has 1 N–H and O–H groups in total. The van der Waals surface area contributed by atoms with Crippen molar-refractivity contribution in [1.29, 1.82) is 0 Å². The fourth-order valence-corrected chi connectivity index (χ4v) is 4.60. The second-order valence-electron chi connectivity index (χ2n) is 8.84. The predicted octanol–water partition coefficient (Wildman–Crippen LogP) is 5.77. The van der Waals surface area contributed by atoms with Crippen molar-refractivity contribution in [3.63, 3.8) is 0 Å². The van der Waals surface area contributed by atoms with Crippen LogP contribution in [0.2, 0.25) is 5.02 Å². The van der Waals surface area contributed by atoms with E-state index in [4.69, 9.17) is 21.1 Å².